The number of phenols is 2. The van der Waals surface area contributed by atoms with Gasteiger partial charge in [-0.15, -0.1) is 0 Å². The summed E-state index contributed by atoms with van der Waals surface area (Å²) >= 11 is 0. The minimum absolute atomic E-state index is 0.0529. The summed E-state index contributed by atoms with van der Waals surface area (Å²) in [5, 5.41) is 23.3. The van der Waals surface area contributed by atoms with Crippen LogP contribution >= 0.6 is 0 Å². The van der Waals surface area contributed by atoms with Crippen LogP contribution < -0.4 is 11.1 Å². The molecule has 0 aliphatic heterocycles. The number of carbonyl (C=O) groups excluding carboxylic acids is 2. The van der Waals surface area contributed by atoms with Crippen LogP contribution in [0, 0.1) is 0 Å². The molecule has 0 fully saturated rings. The lowest BCUT2D eigenvalue weighted by atomic mass is 9.81. The molecule has 0 spiro atoms. The topological polar surface area (TPSA) is 116 Å². The molecule has 1 aliphatic carbocycles. The summed E-state index contributed by atoms with van der Waals surface area (Å²) in [7, 11) is 3.83. The maximum absolute atomic E-state index is 13.0. The van der Waals surface area contributed by atoms with E-state index in [0.717, 1.165) is 0 Å². The second kappa shape index (κ2) is 6.10. The van der Waals surface area contributed by atoms with Crippen LogP contribution in [0.15, 0.2) is 24.3 Å². The first-order valence-electron chi connectivity index (χ1n) is 7.78. The first-order valence-corrected chi connectivity index (χ1v) is 7.78. The average molecular weight is 341 g/mol. The van der Waals surface area contributed by atoms with Gasteiger partial charge in [-0.05, 0) is 38.4 Å². The zero-order chi connectivity index (χ0) is 18.3. The van der Waals surface area contributed by atoms with Crippen molar-refractivity contribution in [1.29, 1.82) is 0 Å². The number of fused-ring (bicyclic) bond motifs is 2. The SMILES string of the molecule is CN(C)CCNc1ccc(O)c2c1C(=O)c1c(O)ccc(N)c1C2=O. The monoisotopic (exact) mass is 341 g/mol. The van der Waals surface area contributed by atoms with Gasteiger partial charge in [0.1, 0.15) is 11.5 Å². The van der Waals surface area contributed by atoms with Gasteiger partial charge in [-0.25, -0.2) is 0 Å². The molecular formula is C18H19N3O4. The van der Waals surface area contributed by atoms with Crippen molar-refractivity contribution in [2.24, 2.45) is 0 Å². The van der Waals surface area contributed by atoms with Gasteiger partial charge in [-0.1, -0.05) is 0 Å². The highest BCUT2D eigenvalue weighted by atomic mass is 16.3. The van der Waals surface area contributed by atoms with Gasteiger partial charge in [0.2, 0.25) is 11.6 Å². The zero-order valence-electron chi connectivity index (χ0n) is 14.0. The van der Waals surface area contributed by atoms with Crippen molar-refractivity contribution in [3.63, 3.8) is 0 Å². The Hall–Kier alpha value is -3.06. The number of ketones is 2. The Balaban J connectivity index is 2.16. The van der Waals surface area contributed by atoms with E-state index < -0.39 is 11.6 Å². The van der Waals surface area contributed by atoms with Crippen LogP contribution in [0.2, 0.25) is 0 Å². The lowest BCUT2D eigenvalue weighted by molar-refractivity contribution is 0.0975. The first-order chi connectivity index (χ1) is 11.8. The summed E-state index contributed by atoms with van der Waals surface area (Å²) < 4.78 is 0. The average Bonchev–Trinajstić information content (AvgIpc) is 2.55. The fourth-order valence-electron chi connectivity index (χ4n) is 2.95. The molecule has 0 unspecified atom stereocenters. The van der Waals surface area contributed by atoms with Crippen molar-refractivity contribution >= 4 is 22.9 Å². The number of aromatic hydroxyl groups is 2. The number of hydrogen-bond donors (Lipinski definition) is 4. The molecule has 130 valence electrons. The van der Waals surface area contributed by atoms with Gasteiger partial charge in [-0.3, -0.25) is 9.59 Å². The van der Waals surface area contributed by atoms with E-state index in [1.807, 2.05) is 19.0 Å². The Labute approximate surface area is 144 Å². The van der Waals surface area contributed by atoms with Crippen molar-refractivity contribution in [1.82, 2.24) is 4.90 Å². The number of rotatable bonds is 4. The number of hydrogen-bond acceptors (Lipinski definition) is 7. The van der Waals surface area contributed by atoms with Crippen LogP contribution in [-0.4, -0.2) is 53.9 Å². The molecule has 2 aromatic carbocycles. The predicted molar refractivity (Wildman–Crippen MR) is 94.5 cm³/mol. The normalized spacial score (nSPS) is 12.9. The van der Waals surface area contributed by atoms with Crippen LogP contribution in [0.5, 0.6) is 11.5 Å². The molecule has 0 atom stereocenters. The standard InChI is InChI=1S/C18H19N3O4/c1-21(2)8-7-20-10-4-6-12(23)16-14(10)18(25)15-11(22)5-3-9(19)13(15)17(16)24/h3-6,20,22-23H,7-8,19H2,1-2H3. The molecule has 0 saturated carbocycles. The van der Waals surface area contributed by atoms with E-state index in [4.69, 9.17) is 5.73 Å². The Kier molecular flexibility index (Phi) is 4.10. The third-order valence-corrected chi connectivity index (χ3v) is 4.18. The molecule has 7 nitrogen and oxygen atoms in total. The summed E-state index contributed by atoms with van der Waals surface area (Å²) in [5.74, 6) is -1.72. The van der Waals surface area contributed by atoms with Gasteiger partial charge in [0.15, 0.2) is 0 Å². The highest BCUT2D eigenvalue weighted by Gasteiger charge is 2.37. The second-order valence-electron chi connectivity index (χ2n) is 6.19. The molecule has 2 aromatic rings. The third kappa shape index (κ3) is 2.68. The zero-order valence-corrected chi connectivity index (χ0v) is 14.0. The molecule has 5 N–H and O–H groups in total. The van der Waals surface area contributed by atoms with E-state index in [0.29, 0.717) is 18.8 Å². The lowest BCUT2D eigenvalue weighted by Crippen LogP contribution is -2.26. The summed E-state index contributed by atoms with van der Waals surface area (Å²) in [6, 6.07) is 5.56. The van der Waals surface area contributed by atoms with Gasteiger partial charge in [0.25, 0.3) is 0 Å². The molecule has 0 radical (unpaired) electrons. The third-order valence-electron chi connectivity index (χ3n) is 4.18. The minimum Gasteiger partial charge on any atom is -0.507 e. The van der Waals surface area contributed by atoms with Crippen molar-refractivity contribution in [3.05, 3.63) is 46.5 Å². The highest BCUT2D eigenvalue weighted by molar-refractivity contribution is 6.33. The van der Waals surface area contributed by atoms with Gasteiger partial charge in [0.05, 0.1) is 22.3 Å². The molecule has 0 aromatic heterocycles. The van der Waals surface area contributed by atoms with Gasteiger partial charge in [0, 0.05) is 24.5 Å². The molecule has 3 rings (SSSR count). The van der Waals surface area contributed by atoms with Crippen molar-refractivity contribution in [2.75, 3.05) is 38.2 Å². The van der Waals surface area contributed by atoms with Gasteiger partial charge in [-0.2, -0.15) is 0 Å². The van der Waals surface area contributed by atoms with E-state index in [2.05, 4.69) is 5.32 Å². The fourth-order valence-corrected chi connectivity index (χ4v) is 2.95. The molecule has 0 bridgehead atoms. The Morgan fingerprint density at radius 1 is 0.920 bits per heavy atom. The summed E-state index contributed by atoms with van der Waals surface area (Å²) in [5.41, 5.74) is 6.11. The van der Waals surface area contributed by atoms with Crippen LogP contribution in [0.1, 0.15) is 31.8 Å². The molecular weight excluding hydrogens is 322 g/mol. The Morgan fingerprint density at radius 2 is 1.48 bits per heavy atom. The van der Waals surface area contributed by atoms with Crippen molar-refractivity contribution < 1.29 is 19.8 Å². The quantitative estimate of drug-likeness (QED) is 0.419. The summed E-state index contributed by atoms with van der Waals surface area (Å²) in [6.45, 7) is 1.26. The van der Waals surface area contributed by atoms with Crippen LogP contribution in [0.4, 0.5) is 11.4 Å². The number of benzene rings is 2. The van der Waals surface area contributed by atoms with Crippen LogP contribution in [-0.2, 0) is 0 Å². The molecule has 0 heterocycles. The number of likely N-dealkylation sites (N-methyl/N-ethyl adjacent to an activating group) is 1. The number of nitrogens with zero attached hydrogens (tertiary/aromatic N) is 1. The largest absolute Gasteiger partial charge is 0.507 e. The lowest BCUT2D eigenvalue weighted by Gasteiger charge is -2.23. The minimum atomic E-state index is -0.577. The van der Waals surface area contributed by atoms with Crippen molar-refractivity contribution in [2.45, 2.75) is 0 Å². The molecule has 0 amide bonds. The van der Waals surface area contributed by atoms with Crippen molar-refractivity contribution in [3.8, 4) is 11.5 Å². The van der Waals surface area contributed by atoms with Gasteiger partial charge >= 0.3 is 0 Å². The summed E-state index contributed by atoms with van der Waals surface area (Å²) in [6.07, 6.45) is 0. The fraction of sp³-hybridized carbons (Fsp3) is 0.222. The maximum Gasteiger partial charge on any atom is 0.200 e. The number of phenolic OH excluding ortho intramolecular Hbond substituents is 2. The molecule has 1 aliphatic rings. The Bertz CT molecular complexity index is 890. The predicted octanol–water partition coefficient (Wildman–Crippen LogP) is 1.43. The molecule has 0 saturated heterocycles. The molecule has 7 heteroatoms. The Morgan fingerprint density at radius 3 is 2.12 bits per heavy atom. The maximum atomic E-state index is 13.0. The van der Waals surface area contributed by atoms with Crippen LogP contribution in [0.3, 0.4) is 0 Å². The van der Waals surface area contributed by atoms with E-state index in [1.165, 1.54) is 18.2 Å². The number of anilines is 2. The van der Waals surface area contributed by atoms with E-state index in [-0.39, 0.29) is 39.4 Å². The van der Waals surface area contributed by atoms with E-state index in [1.54, 1.807) is 6.07 Å². The van der Waals surface area contributed by atoms with E-state index in [9.17, 15) is 19.8 Å². The summed E-state index contributed by atoms with van der Waals surface area (Å²) in [4.78, 5) is 27.8. The van der Waals surface area contributed by atoms with E-state index >= 15 is 0 Å². The smallest absolute Gasteiger partial charge is 0.200 e. The number of nitrogens with two attached hydrogens (primary N) is 1. The number of nitrogens with one attached hydrogen (secondary N) is 1. The highest BCUT2D eigenvalue weighted by Crippen LogP contribution is 2.41. The van der Waals surface area contributed by atoms with Gasteiger partial charge < -0.3 is 26.2 Å². The number of nitrogen functional groups attached to an aromatic ring is 1. The second-order valence-corrected chi connectivity index (χ2v) is 6.19. The number of carbonyl (C=O) groups is 2. The van der Waals surface area contributed by atoms with Crippen LogP contribution in [0.25, 0.3) is 0 Å². The molecule has 25 heavy (non-hydrogen) atoms. The first kappa shape index (κ1) is 16.8.